The molecule has 1 N–H and O–H groups in total. The molecule has 0 bridgehead atoms. The van der Waals surface area contributed by atoms with Crippen molar-refractivity contribution in [2.75, 3.05) is 37.6 Å². The van der Waals surface area contributed by atoms with Crippen molar-refractivity contribution in [3.63, 3.8) is 0 Å². The molecule has 4 heterocycles. The number of aromatic nitrogens is 3. The molecule has 1 atom stereocenters. The lowest BCUT2D eigenvalue weighted by Crippen LogP contribution is -2.51. The van der Waals surface area contributed by atoms with Crippen molar-refractivity contribution in [3.8, 4) is 0 Å². The molecular weight excluding hydrogens is 368 g/mol. The Hall–Kier alpha value is -3.00. The second kappa shape index (κ2) is 8.57. The van der Waals surface area contributed by atoms with Gasteiger partial charge in [0.2, 0.25) is 0 Å². The predicted octanol–water partition coefficient (Wildman–Crippen LogP) is 2.12. The van der Waals surface area contributed by atoms with Gasteiger partial charge in [0.15, 0.2) is 0 Å². The number of hydrogen-bond acceptors (Lipinski definition) is 7. The van der Waals surface area contributed by atoms with Crippen LogP contribution in [0.5, 0.6) is 0 Å². The number of nitrogens with zero attached hydrogens (tertiary/aromatic N) is 5. The van der Waals surface area contributed by atoms with Crippen molar-refractivity contribution >= 4 is 22.8 Å². The van der Waals surface area contributed by atoms with Crippen LogP contribution >= 0.6 is 0 Å². The van der Waals surface area contributed by atoms with E-state index in [0.29, 0.717) is 11.3 Å². The van der Waals surface area contributed by atoms with E-state index in [1.807, 2.05) is 44.3 Å². The van der Waals surface area contributed by atoms with Gasteiger partial charge in [0.25, 0.3) is 11.6 Å². The van der Waals surface area contributed by atoms with Crippen molar-refractivity contribution in [1.82, 2.24) is 25.3 Å². The molecule has 3 aromatic heterocycles. The van der Waals surface area contributed by atoms with Crippen LogP contribution in [0, 0.1) is 0 Å². The van der Waals surface area contributed by atoms with E-state index < -0.39 is 0 Å². The fraction of sp³-hybridized carbons (Fsp3) is 0.429. The van der Waals surface area contributed by atoms with Gasteiger partial charge in [-0.2, -0.15) is 0 Å². The maximum atomic E-state index is 12.7. The highest BCUT2D eigenvalue weighted by molar-refractivity contribution is 5.97. The smallest absolute Gasteiger partial charge is 0.257 e. The molecule has 29 heavy (non-hydrogen) atoms. The largest absolute Gasteiger partial charge is 0.354 e. The molecule has 8 heteroatoms. The minimum Gasteiger partial charge on any atom is -0.354 e. The number of rotatable bonds is 6. The first-order valence-electron chi connectivity index (χ1n) is 10.1. The fourth-order valence-corrected chi connectivity index (χ4v) is 3.70. The lowest BCUT2D eigenvalue weighted by molar-refractivity contribution is 0.0928. The van der Waals surface area contributed by atoms with Gasteiger partial charge < -0.3 is 14.7 Å². The second-order valence-corrected chi connectivity index (χ2v) is 7.41. The Morgan fingerprint density at radius 3 is 2.79 bits per heavy atom. The van der Waals surface area contributed by atoms with Gasteiger partial charge in [-0.05, 0) is 31.5 Å². The average molecular weight is 394 g/mol. The zero-order valence-electron chi connectivity index (χ0n) is 16.8. The lowest BCUT2D eigenvalue weighted by Gasteiger charge is -2.36. The van der Waals surface area contributed by atoms with Crippen LogP contribution in [-0.2, 0) is 6.42 Å². The van der Waals surface area contributed by atoms with Crippen LogP contribution in [0.25, 0.3) is 11.1 Å². The van der Waals surface area contributed by atoms with Crippen molar-refractivity contribution in [1.29, 1.82) is 0 Å². The maximum absolute atomic E-state index is 12.7. The third kappa shape index (κ3) is 4.37. The maximum Gasteiger partial charge on any atom is 0.257 e. The predicted molar refractivity (Wildman–Crippen MR) is 111 cm³/mol. The molecule has 0 spiro atoms. The Bertz CT molecular complexity index is 966. The van der Waals surface area contributed by atoms with Crippen molar-refractivity contribution in [2.24, 2.45) is 0 Å². The highest BCUT2D eigenvalue weighted by Gasteiger charge is 2.21. The number of anilines is 1. The number of aryl methyl sites for hydroxylation is 1. The molecule has 0 aliphatic carbocycles. The Labute approximate surface area is 169 Å². The quantitative estimate of drug-likeness (QED) is 0.685. The van der Waals surface area contributed by atoms with Crippen LogP contribution in [0.2, 0.25) is 0 Å². The van der Waals surface area contributed by atoms with E-state index in [9.17, 15) is 4.79 Å². The molecule has 1 saturated heterocycles. The number of piperazine rings is 1. The lowest BCUT2D eigenvalue weighted by atomic mass is 10.1. The molecule has 1 aliphatic rings. The first-order chi connectivity index (χ1) is 14.1. The van der Waals surface area contributed by atoms with Gasteiger partial charge in [0, 0.05) is 51.2 Å². The van der Waals surface area contributed by atoms with Gasteiger partial charge in [0.1, 0.15) is 5.82 Å². The summed E-state index contributed by atoms with van der Waals surface area (Å²) in [5.74, 6) is 0.902. The molecule has 3 aromatic rings. The highest BCUT2D eigenvalue weighted by Crippen LogP contribution is 2.18. The first-order valence-corrected chi connectivity index (χ1v) is 10.1. The third-order valence-electron chi connectivity index (χ3n) is 5.26. The van der Waals surface area contributed by atoms with Gasteiger partial charge in [-0.25, -0.2) is 9.97 Å². The zero-order chi connectivity index (χ0) is 20.2. The SMILES string of the molecule is CCc1noc2ncc(C(=O)NC(C)CN3CCN(c4ccccn4)CC3)cc12. The summed E-state index contributed by atoms with van der Waals surface area (Å²) in [5.41, 5.74) is 1.82. The minimum atomic E-state index is -0.123. The molecule has 8 nitrogen and oxygen atoms in total. The van der Waals surface area contributed by atoms with E-state index in [2.05, 4.69) is 30.2 Å². The van der Waals surface area contributed by atoms with E-state index in [1.165, 1.54) is 0 Å². The molecule has 0 aromatic carbocycles. The Morgan fingerprint density at radius 1 is 1.24 bits per heavy atom. The molecule has 0 saturated carbocycles. The van der Waals surface area contributed by atoms with Gasteiger partial charge in [0.05, 0.1) is 16.6 Å². The fourth-order valence-electron chi connectivity index (χ4n) is 3.70. The Kier molecular flexibility index (Phi) is 5.71. The topological polar surface area (TPSA) is 87.4 Å². The van der Waals surface area contributed by atoms with Crippen LogP contribution in [0.15, 0.2) is 41.2 Å². The van der Waals surface area contributed by atoms with Crippen molar-refractivity contribution in [3.05, 3.63) is 47.9 Å². The molecular formula is C21H26N6O2. The minimum absolute atomic E-state index is 0.0349. The standard InChI is InChI=1S/C21H26N6O2/c1-3-18-17-12-16(13-23-21(17)29-25-18)20(28)24-15(2)14-26-8-10-27(11-9-26)19-6-4-5-7-22-19/h4-7,12-13,15H,3,8-11,14H2,1-2H3,(H,24,28). The van der Waals surface area contributed by atoms with Crippen molar-refractivity contribution in [2.45, 2.75) is 26.3 Å². The zero-order valence-corrected chi connectivity index (χ0v) is 16.8. The molecule has 1 amide bonds. The van der Waals surface area contributed by atoms with E-state index in [-0.39, 0.29) is 11.9 Å². The van der Waals surface area contributed by atoms with Crippen molar-refractivity contribution < 1.29 is 9.32 Å². The number of fused-ring (bicyclic) bond motifs is 1. The first kappa shape index (κ1) is 19.3. The van der Waals surface area contributed by atoms with E-state index in [1.54, 1.807) is 6.20 Å². The van der Waals surface area contributed by atoms with Crippen LogP contribution in [0.1, 0.15) is 29.9 Å². The number of hydrogen-bond donors (Lipinski definition) is 1. The number of nitrogens with one attached hydrogen (secondary N) is 1. The van der Waals surface area contributed by atoms with Crippen LogP contribution in [0.3, 0.4) is 0 Å². The van der Waals surface area contributed by atoms with Gasteiger partial charge >= 0.3 is 0 Å². The molecule has 4 rings (SSSR count). The van der Waals surface area contributed by atoms with Crippen LogP contribution < -0.4 is 10.2 Å². The van der Waals surface area contributed by atoms with E-state index in [0.717, 1.165) is 56.0 Å². The Balaban J connectivity index is 1.31. The summed E-state index contributed by atoms with van der Waals surface area (Å²) in [6.07, 6.45) is 4.11. The Morgan fingerprint density at radius 2 is 2.07 bits per heavy atom. The number of carbonyl (C=O) groups excluding carboxylic acids is 1. The average Bonchev–Trinajstić information content (AvgIpc) is 3.17. The second-order valence-electron chi connectivity index (χ2n) is 7.41. The molecule has 0 radical (unpaired) electrons. The number of carbonyl (C=O) groups is 1. The van der Waals surface area contributed by atoms with E-state index in [4.69, 9.17) is 4.52 Å². The number of amides is 1. The molecule has 1 fully saturated rings. The van der Waals surface area contributed by atoms with E-state index >= 15 is 0 Å². The summed E-state index contributed by atoms with van der Waals surface area (Å²) < 4.78 is 5.19. The van der Waals surface area contributed by atoms with Gasteiger partial charge in [-0.3, -0.25) is 9.69 Å². The molecule has 152 valence electrons. The summed E-state index contributed by atoms with van der Waals surface area (Å²) in [6.45, 7) is 8.61. The van der Waals surface area contributed by atoms with Crippen LogP contribution in [0.4, 0.5) is 5.82 Å². The molecule has 1 unspecified atom stereocenters. The summed E-state index contributed by atoms with van der Waals surface area (Å²) >= 11 is 0. The van der Waals surface area contributed by atoms with Gasteiger partial charge in [-0.1, -0.05) is 18.1 Å². The van der Waals surface area contributed by atoms with Gasteiger partial charge in [-0.15, -0.1) is 0 Å². The summed E-state index contributed by atoms with van der Waals surface area (Å²) in [7, 11) is 0. The molecule has 1 aliphatic heterocycles. The summed E-state index contributed by atoms with van der Waals surface area (Å²) in [6, 6.07) is 7.84. The normalized spacial score (nSPS) is 16.1. The number of pyridine rings is 2. The third-order valence-corrected chi connectivity index (χ3v) is 5.26. The highest BCUT2D eigenvalue weighted by atomic mass is 16.5. The van der Waals surface area contributed by atoms with Crippen LogP contribution in [-0.4, -0.2) is 64.7 Å². The summed E-state index contributed by atoms with van der Waals surface area (Å²) in [4.78, 5) is 26.0. The monoisotopic (exact) mass is 394 g/mol. The summed E-state index contributed by atoms with van der Waals surface area (Å²) in [5, 5.41) is 7.88.